The van der Waals surface area contributed by atoms with Gasteiger partial charge in [0.2, 0.25) is 5.88 Å². The van der Waals surface area contributed by atoms with Crippen LogP contribution in [0.2, 0.25) is 0 Å². The second kappa shape index (κ2) is 8.32. The number of amidine groups is 1. The Bertz CT molecular complexity index is 999. The molecule has 1 aromatic carbocycles. The first-order chi connectivity index (χ1) is 14.6. The number of rotatable bonds is 5. The van der Waals surface area contributed by atoms with Gasteiger partial charge in [-0.15, -0.1) is 0 Å². The molecular formula is C18H16F5N5O3. The van der Waals surface area contributed by atoms with E-state index in [0.717, 1.165) is 24.4 Å². The van der Waals surface area contributed by atoms with Crippen molar-refractivity contribution in [2.45, 2.75) is 24.2 Å². The zero-order valence-electron chi connectivity index (χ0n) is 15.9. The monoisotopic (exact) mass is 445 g/mol. The van der Waals surface area contributed by atoms with Gasteiger partial charge in [0.05, 0.1) is 19.5 Å². The molecule has 0 saturated heterocycles. The fraction of sp³-hybridized carbons (Fsp3) is 0.333. The average molecular weight is 445 g/mol. The van der Waals surface area contributed by atoms with Crippen molar-refractivity contribution in [2.24, 2.45) is 10.7 Å². The standard InChI is InChI=1S/C18H16F5N5O3/c1-30-14-7-25-12(6-26-14)15(29)27-9-2-3-11(20)10(4-9)17(8-19)5-13(18(21,22)23)31-16(24)28-17/h2-4,6-7,13H,5,8H2,1H3,(H2,24,28)(H,27,29)/t13-,17-/m0/s1. The highest BCUT2D eigenvalue weighted by Gasteiger charge is 2.52. The Hall–Kier alpha value is -3.51. The van der Waals surface area contributed by atoms with Crippen LogP contribution in [0.4, 0.5) is 27.6 Å². The first-order valence-electron chi connectivity index (χ1n) is 8.70. The number of hydrogen-bond donors (Lipinski definition) is 2. The van der Waals surface area contributed by atoms with Gasteiger partial charge in [-0.3, -0.25) is 4.79 Å². The number of halogens is 5. The first kappa shape index (κ1) is 22.2. The number of carbonyl (C=O) groups excluding carboxylic acids is 1. The lowest BCUT2D eigenvalue weighted by Gasteiger charge is -2.36. The highest BCUT2D eigenvalue weighted by atomic mass is 19.4. The van der Waals surface area contributed by atoms with Crippen LogP contribution in [-0.4, -0.2) is 48.0 Å². The molecule has 3 rings (SSSR count). The quantitative estimate of drug-likeness (QED) is 0.685. The first-order valence-corrected chi connectivity index (χ1v) is 8.70. The number of aromatic nitrogens is 2. The van der Waals surface area contributed by atoms with Crippen LogP contribution in [0.3, 0.4) is 0 Å². The molecule has 0 saturated carbocycles. The predicted molar refractivity (Wildman–Crippen MR) is 97.8 cm³/mol. The summed E-state index contributed by atoms with van der Waals surface area (Å²) >= 11 is 0. The van der Waals surface area contributed by atoms with Gasteiger partial charge in [0.1, 0.15) is 23.7 Å². The smallest absolute Gasteiger partial charge is 0.425 e. The summed E-state index contributed by atoms with van der Waals surface area (Å²) in [4.78, 5) is 23.6. The number of alkyl halides is 4. The normalized spacial score (nSPS) is 21.1. The van der Waals surface area contributed by atoms with Crippen molar-refractivity contribution in [3.8, 4) is 5.88 Å². The SMILES string of the molecule is COc1cnc(C(=O)Nc2ccc(F)c([C@@]3(CF)C[C@@H](C(F)(F)F)OC(N)=N3)c2)cn1. The Kier molecular flexibility index (Phi) is 5.95. The molecule has 13 heteroatoms. The second-order valence-corrected chi connectivity index (χ2v) is 6.56. The molecule has 3 N–H and O–H groups in total. The molecule has 2 aromatic rings. The lowest BCUT2D eigenvalue weighted by Crippen LogP contribution is -2.48. The number of nitrogens with two attached hydrogens (primary N) is 1. The topological polar surface area (TPSA) is 112 Å². The zero-order valence-corrected chi connectivity index (χ0v) is 15.9. The summed E-state index contributed by atoms with van der Waals surface area (Å²) < 4.78 is 77.3. The molecule has 0 radical (unpaired) electrons. The minimum Gasteiger partial charge on any atom is -0.480 e. The molecule has 0 spiro atoms. The van der Waals surface area contributed by atoms with Crippen molar-refractivity contribution in [3.63, 3.8) is 0 Å². The van der Waals surface area contributed by atoms with Crippen LogP contribution in [0.25, 0.3) is 0 Å². The van der Waals surface area contributed by atoms with Crippen LogP contribution in [0.5, 0.6) is 5.88 Å². The summed E-state index contributed by atoms with van der Waals surface area (Å²) in [6.07, 6.45) is -6.07. The van der Waals surface area contributed by atoms with Crippen LogP contribution in [0, 0.1) is 5.82 Å². The van der Waals surface area contributed by atoms with Gasteiger partial charge in [0.15, 0.2) is 6.10 Å². The Morgan fingerprint density at radius 3 is 2.68 bits per heavy atom. The lowest BCUT2D eigenvalue weighted by molar-refractivity contribution is -0.209. The zero-order chi connectivity index (χ0) is 22.8. The van der Waals surface area contributed by atoms with Crippen molar-refractivity contribution in [1.82, 2.24) is 9.97 Å². The molecule has 1 aromatic heterocycles. The van der Waals surface area contributed by atoms with Gasteiger partial charge in [-0.1, -0.05) is 0 Å². The summed E-state index contributed by atoms with van der Waals surface area (Å²) in [6, 6.07) is 2.08. The number of ether oxygens (including phenoxy) is 2. The molecule has 31 heavy (non-hydrogen) atoms. The number of anilines is 1. The Morgan fingerprint density at radius 2 is 2.10 bits per heavy atom. The molecule has 2 heterocycles. The number of carbonyl (C=O) groups is 1. The minimum atomic E-state index is -4.88. The van der Waals surface area contributed by atoms with Crippen molar-refractivity contribution in [1.29, 1.82) is 0 Å². The average Bonchev–Trinajstić information content (AvgIpc) is 2.74. The maximum atomic E-state index is 14.5. The number of amides is 1. The van der Waals surface area contributed by atoms with Crippen LogP contribution < -0.4 is 15.8 Å². The molecule has 1 amide bonds. The highest BCUT2D eigenvalue weighted by molar-refractivity contribution is 6.02. The van der Waals surface area contributed by atoms with Gasteiger partial charge in [0.25, 0.3) is 11.9 Å². The van der Waals surface area contributed by atoms with E-state index in [-0.39, 0.29) is 17.3 Å². The van der Waals surface area contributed by atoms with Gasteiger partial charge in [-0.2, -0.15) is 13.2 Å². The van der Waals surface area contributed by atoms with Crippen molar-refractivity contribution >= 4 is 17.6 Å². The second-order valence-electron chi connectivity index (χ2n) is 6.56. The Balaban J connectivity index is 1.93. The molecule has 0 fully saturated rings. The van der Waals surface area contributed by atoms with Crippen LogP contribution >= 0.6 is 0 Å². The fourth-order valence-corrected chi connectivity index (χ4v) is 2.98. The van der Waals surface area contributed by atoms with E-state index in [0.29, 0.717) is 0 Å². The number of nitrogens with one attached hydrogen (secondary N) is 1. The Labute approximate surface area is 172 Å². The van der Waals surface area contributed by atoms with Gasteiger partial charge >= 0.3 is 6.18 Å². The van der Waals surface area contributed by atoms with Crippen LogP contribution in [-0.2, 0) is 10.3 Å². The van der Waals surface area contributed by atoms with E-state index in [1.165, 1.54) is 13.3 Å². The molecule has 1 aliphatic heterocycles. The Morgan fingerprint density at radius 1 is 1.35 bits per heavy atom. The van der Waals surface area contributed by atoms with Gasteiger partial charge in [0, 0.05) is 17.7 Å². The molecule has 2 atom stereocenters. The number of methoxy groups -OCH3 is 1. The third-order valence-corrected chi connectivity index (χ3v) is 4.49. The van der Waals surface area contributed by atoms with E-state index in [2.05, 4.69) is 25.0 Å². The fourth-order valence-electron chi connectivity index (χ4n) is 2.98. The number of aliphatic imine (C=N–C) groups is 1. The van der Waals surface area contributed by atoms with Gasteiger partial charge in [-0.05, 0) is 18.2 Å². The van der Waals surface area contributed by atoms with E-state index in [1.807, 2.05) is 0 Å². The predicted octanol–water partition coefficient (Wildman–Crippen LogP) is 2.71. The van der Waals surface area contributed by atoms with Gasteiger partial charge in [-0.25, -0.2) is 23.7 Å². The molecular weight excluding hydrogens is 429 g/mol. The maximum absolute atomic E-state index is 14.5. The van der Waals surface area contributed by atoms with Crippen LogP contribution in [0.1, 0.15) is 22.5 Å². The summed E-state index contributed by atoms with van der Waals surface area (Å²) in [6.45, 7) is -1.48. The third kappa shape index (κ3) is 4.64. The highest BCUT2D eigenvalue weighted by Crippen LogP contribution is 2.42. The van der Waals surface area contributed by atoms with Crippen molar-refractivity contribution < 1.29 is 36.2 Å². The molecule has 0 aliphatic carbocycles. The number of hydrogen-bond acceptors (Lipinski definition) is 7. The van der Waals surface area contributed by atoms with E-state index in [9.17, 15) is 26.7 Å². The number of nitrogens with zero attached hydrogens (tertiary/aromatic N) is 3. The largest absolute Gasteiger partial charge is 0.480 e. The summed E-state index contributed by atoms with van der Waals surface area (Å²) in [5.41, 5.74) is 2.37. The molecule has 0 bridgehead atoms. The van der Waals surface area contributed by atoms with Crippen molar-refractivity contribution in [3.05, 3.63) is 47.7 Å². The lowest BCUT2D eigenvalue weighted by atomic mass is 9.84. The maximum Gasteiger partial charge on any atom is 0.425 e. The molecule has 166 valence electrons. The van der Waals surface area contributed by atoms with E-state index in [4.69, 9.17) is 10.5 Å². The molecule has 1 aliphatic rings. The summed E-state index contributed by atoms with van der Waals surface area (Å²) in [5.74, 6) is -1.61. The summed E-state index contributed by atoms with van der Waals surface area (Å²) in [5, 5.41) is 2.39. The van der Waals surface area contributed by atoms with E-state index < -0.39 is 54.2 Å². The summed E-state index contributed by atoms with van der Waals surface area (Å²) in [7, 11) is 1.36. The van der Waals surface area contributed by atoms with E-state index in [1.54, 1.807) is 0 Å². The minimum absolute atomic E-state index is 0.0318. The van der Waals surface area contributed by atoms with Crippen molar-refractivity contribution in [2.75, 3.05) is 19.1 Å². The molecule has 8 nitrogen and oxygen atoms in total. The van der Waals surface area contributed by atoms with Crippen LogP contribution in [0.15, 0.2) is 35.6 Å². The third-order valence-electron chi connectivity index (χ3n) is 4.49. The van der Waals surface area contributed by atoms with Gasteiger partial charge < -0.3 is 20.5 Å². The molecule has 0 unspecified atom stereocenters. The number of benzene rings is 1. The van der Waals surface area contributed by atoms with E-state index >= 15 is 0 Å².